The highest BCUT2D eigenvalue weighted by Gasteiger charge is 2.23. The van der Waals surface area contributed by atoms with E-state index in [2.05, 4.69) is 34.8 Å². The zero-order valence-electron chi connectivity index (χ0n) is 10.3. The summed E-state index contributed by atoms with van der Waals surface area (Å²) in [5.41, 5.74) is 2.00. The van der Waals surface area contributed by atoms with Crippen LogP contribution in [0.3, 0.4) is 0 Å². The van der Waals surface area contributed by atoms with Crippen molar-refractivity contribution in [3.05, 3.63) is 21.7 Å². The SMILES string of the molecule is CC(C)c1c(CN=C=O)c(Br)cc2c1OCCO2. The Hall–Kier alpha value is -1.32. The zero-order chi connectivity index (χ0) is 13.1. The van der Waals surface area contributed by atoms with E-state index in [9.17, 15) is 4.79 Å². The number of aliphatic imine (C=N–C) groups is 1. The van der Waals surface area contributed by atoms with Gasteiger partial charge in [0.15, 0.2) is 11.5 Å². The highest BCUT2D eigenvalue weighted by molar-refractivity contribution is 9.10. The van der Waals surface area contributed by atoms with Gasteiger partial charge >= 0.3 is 0 Å². The molecule has 18 heavy (non-hydrogen) atoms. The first-order valence-corrected chi connectivity index (χ1v) is 6.59. The van der Waals surface area contributed by atoms with Crippen molar-refractivity contribution in [1.29, 1.82) is 0 Å². The standard InChI is InChI=1S/C13H14BrNO3/c1-8(2)12-9(6-15-7-16)10(14)5-11-13(12)18-4-3-17-11/h5,8H,3-4,6H2,1-2H3. The second-order valence-electron chi connectivity index (χ2n) is 4.34. The van der Waals surface area contributed by atoms with Crippen LogP contribution in [0, 0.1) is 0 Å². The Morgan fingerprint density at radius 2 is 2.17 bits per heavy atom. The molecule has 0 saturated heterocycles. The summed E-state index contributed by atoms with van der Waals surface area (Å²) in [5, 5.41) is 0. The molecular weight excluding hydrogens is 298 g/mol. The molecule has 0 amide bonds. The lowest BCUT2D eigenvalue weighted by Gasteiger charge is -2.25. The minimum atomic E-state index is 0.259. The molecule has 0 bridgehead atoms. The number of nitrogens with zero attached hydrogens (tertiary/aromatic N) is 1. The Balaban J connectivity index is 2.60. The normalized spacial score (nSPS) is 13.3. The van der Waals surface area contributed by atoms with E-state index >= 15 is 0 Å². The van der Waals surface area contributed by atoms with Gasteiger partial charge < -0.3 is 9.47 Å². The predicted molar refractivity (Wildman–Crippen MR) is 71.0 cm³/mol. The molecule has 0 aliphatic carbocycles. The first kappa shape index (κ1) is 13.1. The molecule has 0 aromatic heterocycles. The Morgan fingerprint density at radius 1 is 1.44 bits per heavy atom. The quantitative estimate of drug-likeness (QED) is 0.636. The van der Waals surface area contributed by atoms with Crippen LogP contribution in [-0.2, 0) is 11.3 Å². The van der Waals surface area contributed by atoms with Crippen LogP contribution in [0.5, 0.6) is 11.5 Å². The second kappa shape index (κ2) is 5.55. The van der Waals surface area contributed by atoms with E-state index in [4.69, 9.17) is 9.47 Å². The maximum atomic E-state index is 10.3. The summed E-state index contributed by atoms with van der Waals surface area (Å²) < 4.78 is 12.2. The van der Waals surface area contributed by atoms with Crippen molar-refractivity contribution in [3.63, 3.8) is 0 Å². The van der Waals surface area contributed by atoms with E-state index in [1.165, 1.54) is 0 Å². The summed E-state index contributed by atoms with van der Waals surface area (Å²) in [6, 6.07) is 1.87. The number of halogens is 1. The van der Waals surface area contributed by atoms with Crippen molar-refractivity contribution in [3.8, 4) is 11.5 Å². The summed E-state index contributed by atoms with van der Waals surface area (Å²) >= 11 is 3.50. The summed E-state index contributed by atoms with van der Waals surface area (Å²) in [5.74, 6) is 1.78. The van der Waals surface area contributed by atoms with Gasteiger partial charge in [-0.2, -0.15) is 0 Å². The van der Waals surface area contributed by atoms with Crippen LogP contribution in [0.1, 0.15) is 30.9 Å². The minimum absolute atomic E-state index is 0.259. The third-order valence-corrected chi connectivity index (χ3v) is 3.51. The fourth-order valence-corrected chi connectivity index (χ4v) is 2.65. The Bertz CT molecular complexity index is 507. The molecule has 1 aromatic carbocycles. The number of isocyanates is 1. The van der Waals surface area contributed by atoms with Gasteiger partial charge in [0, 0.05) is 10.0 Å². The average Bonchev–Trinajstić information content (AvgIpc) is 2.35. The Labute approximate surface area is 114 Å². The predicted octanol–water partition coefficient (Wildman–Crippen LogP) is 3.18. The molecular formula is C13H14BrNO3. The molecule has 5 heteroatoms. The molecule has 1 heterocycles. The first-order chi connectivity index (χ1) is 8.65. The number of hydrogen-bond donors (Lipinski definition) is 0. The summed E-state index contributed by atoms with van der Waals surface area (Å²) in [4.78, 5) is 14.0. The van der Waals surface area contributed by atoms with E-state index in [-0.39, 0.29) is 5.92 Å². The molecule has 1 aromatic rings. The van der Waals surface area contributed by atoms with Crippen molar-refractivity contribution in [2.24, 2.45) is 4.99 Å². The minimum Gasteiger partial charge on any atom is -0.486 e. The van der Waals surface area contributed by atoms with Crippen LogP contribution in [0.2, 0.25) is 0 Å². The summed E-state index contributed by atoms with van der Waals surface area (Å²) in [6.07, 6.45) is 1.57. The van der Waals surface area contributed by atoms with Crippen LogP contribution in [0.25, 0.3) is 0 Å². The molecule has 0 fully saturated rings. The van der Waals surface area contributed by atoms with E-state index in [0.29, 0.717) is 19.8 Å². The van der Waals surface area contributed by atoms with Gasteiger partial charge in [0.25, 0.3) is 0 Å². The van der Waals surface area contributed by atoms with Gasteiger partial charge in [0.2, 0.25) is 6.08 Å². The molecule has 96 valence electrons. The molecule has 0 N–H and O–H groups in total. The second-order valence-corrected chi connectivity index (χ2v) is 5.19. The number of hydrogen-bond acceptors (Lipinski definition) is 4. The number of carbonyl (C=O) groups excluding carboxylic acids is 1. The number of rotatable bonds is 3. The smallest absolute Gasteiger partial charge is 0.235 e. The topological polar surface area (TPSA) is 47.9 Å². The van der Waals surface area contributed by atoms with Crippen LogP contribution in [0.15, 0.2) is 15.5 Å². The fourth-order valence-electron chi connectivity index (χ4n) is 2.10. The van der Waals surface area contributed by atoms with E-state index in [1.54, 1.807) is 6.08 Å². The monoisotopic (exact) mass is 311 g/mol. The van der Waals surface area contributed by atoms with Gasteiger partial charge in [-0.05, 0) is 17.5 Å². The van der Waals surface area contributed by atoms with E-state index < -0.39 is 0 Å². The van der Waals surface area contributed by atoms with Crippen molar-refractivity contribution in [2.75, 3.05) is 13.2 Å². The molecule has 1 aliphatic heterocycles. The third kappa shape index (κ3) is 2.42. The van der Waals surface area contributed by atoms with Crippen LogP contribution in [0.4, 0.5) is 0 Å². The zero-order valence-corrected chi connectivity index (χ0v) is 11.9. The lowest BCUT2D eigenvalue weighted by molar-refractivity contribution is 0.169. The first-order valence-electron chi connectivity index (χ1n) is 5.79. The van der Waals surface area contributed by atoms with Crippen LogP contribution < -0.4 is 9.47 Å². The molecule has 1 aliphatic rings. The van der Waals surface area contributed by atoms with E-state index in [0.717, 1.165) is 27.1 Å². The van der Waals surface area contributed by atoms with Gasteiger partial charge in [-0.15, -0.1) is 0 Å². The van der Waals surface area contributed by atoms with Crippen molar-refractivity contribution < 1.29 is 14.3 Å². The third-order valence-electron chi connectivity index (χ3n) is 2.81. The van der Waals surface area contributed by atoms with E-state index in [1.807, 2.05) is 6.07 Å². The lowest BCUT2D eigenvalue weighted by Crippen LogP contribution is -2.18. The average molecular weight is 312 g/mol. The molecule has 0 spiro atoms. The van der Waals surface area contributed by atoms with Crippen LogP contribution >= 0.6 is 15.9 Å². The van der Waals surface area contributed by atoms with Crippen molar-refractivity contribution in [1.82, 2.24) is 0 Å². The van der Waals surface area contributed by atoms with Crippen molar-refractivity contribution in [2.45, 2.75) is 26.3 Å². The highest BCUT2D eigenvalue weighted by Crippen LogP contribution is 2.43. The maximum absolute atomic E-state index is 10.3. The summed E-state index contributed by atoms with van der Waals surface area (Å²) in [6.45, 7) is 5.56. The van der Waals surface area contributed by atoms with Gasteiger partial charge in [-0.3, -0.25) is 0 Å². The number of fused-ring (bicyclic) bond motifs is 1. The molecule has 0 unspecified atom stereocenters. The number of ether oxygens (including phenoxy) is 2. The van der Waals surface area contributed by atoms with Crippen molar-refractivity contribution >= 4 is 22.0 Å². The molecule has 2 rings (SSSR count). The Morgan fingerprint density at radius 3 is 2.83 bits per heavy atom. The molecule has 0 atom stereocenters. The largest absolute Gasteiger partial charge is 0.486 e. The molecule has 0 saturated carbocycles. The fraction of sp³-hybridized carbons (Fsp3) is 0.462. The Kier molecular flexibility index (Phi) is 4.04. The number of benzene rings is 1. The maximum Gasteiger partial charge on any atom is 0.235 e. The van der Waals surface area contributed by atoms with Crippen LogP contribution in [-0.4, -0.2) is 19.3 Å². The van der Waals surface area contributed by atoms with Gasteiger partial charge in [-0.1, -0.05) is 29.8 Å². The molecule has 4 nitrogen and oxygen atoms in total. The van der Waals surface area contributed by atoms with Gasteiger partial charge in [0.05, 0.1) is 6.54 Å². The lowest BCUT2D eigenvalue weighted by atomic mass is 9.95. The molecule has 0 radical (unpaired) electrons. The summed E-state index contributed by atoms with van der Waals surface area (Å²) in [7, 11) is 0. The highest BCUT2D eigenvalue weighted by atomic mass is 79.9. The van der Waals surface area contributed by atoms with Gasteiger partial charge in [0.1, 0.15) is 13.2 Å². The van der Waals surface area contributed by atoms with Gasteiger partial charge in [-0.25, -0.2) is 9.79 Å².